The summed E-state index contributed by atoms with van der Waals surface area (Å²) in [6, 6.07) is 1.78. The van der Waals surface area contributed by atoms with E-state index in [1.165, 1.54) is 0 Å². The molecule has 9 nitrogen and oxygen atoms in total. The molecule has 1 aliphatic rings. The predicted molar refractivity (Wildman–Crippen MR) is 109 cm³/mol. The maximum Gasteiger partial charge on any atom is 0.410 e. The van der Waals surface area contributed by atoms with Crippen LogP contribution in [0.1, 0.15) is 37.8 Å². The van der Waals surface area contributed by atoms with Crippen molar-refractivity contribution in [2.24, 2.45) is 0 Å². The van der Waals surface area contributed by atoms with E-state index in [0.717, 1.165) is 10.9 Å². The lowest BCUT2D eigenvalue weighted by Gasteiger charge is -2.40. The summed E-state index contributed by atoms with van der Waals surface area (Å²) in [6.45, 7) is 8.19. The molecule has 3 N–H and O–H groups in total. The van der Waals surface area contributed by atoms with Crippen molar-refractivity contribution >= 4 is 22.8 Å². The number of hydrogen-bond acceptors (Lipinski definition) is 6. The van der Waals surface area contributed by atoms with Gasteiger partial charge in [-0.05, 0) is 39.3 Å². The molecule has 152 valence electrons. The molecule has 1 amide bonds. The Morgan fingerprint density at radius 1 is 1.34 bits per heavy atom. The summed E-state index contributed by atoms with van der Waals surface area (Å²) in [5, 5.41) is 7.52. The van der Waals surface area contributed by atoms with E-state index in [-0.39, 0.29) is 17.6 Å². The van der Waals surface area contributed by atoms with Crippen LogP contribution in [0.25, 0.3) is 16.6 Å². The zero-order chi connectivity index (χ0) is 20.9. The van der Waals surface area contributed by atoms with Gasteiger partial charge in [0.05, 0.1) is 23.0 Å². The van der Waals surface area contributed by atoms with Gasteiger partial charge < -0.3 is 15.4 Å². The number of rotatable bonds is 2. The van der Waals surface area contributed by atoms with Crippen molar-refractivity contribution in [3.05, 3.63) is 46.1 Å². The number of carbonyl (C=O) groups is 1. The molecule has 3 aromatic rings. The summed E-state index contributed by atoms with van der Waals surface area (Å²) in [5.41, 5.74) is 7.91. The largest absolute Gasteiger partial charge is 0.444 e. The van der Waals surface area contributed by atoms with E-state index < -0.39 is 5.60 Å². The van der Waals surface area contributed by atoms with E-state index in [1.54, 1.807) is 34.1 Å². The summed E-state index contributed by atoms with van der Waals surface area (Å²) < 4.78 is 6.98. The SMILES string of the molecule is Cc1cc(N)nc2c(C3CN(C(=O)OC(C)(C)C)C3)c(=O)n(-c3cn[nH]c3)cc12. The third-order valence-corrected chi connectivity index (χ3v) is 4.95. The molecule has 0 atom stereocenters. The molecule has 9 heteroatoms. The summed E-state index contributed by atoms with van der Waals surface area (Å²) in [6.07, 6.45) is 4.63. The lowest BCUT2D eigenvalue weighted by molar-refractivity contribution is 0.00816. The number of H-pyrrole nitrogens is 1. The van der Waals surface area contributed by atoms with E-state index in [4.69, 9.17) is 10.5 Å². The Labute approximate surface area is 167 Å². The second-order valence-corrected chi connectivity index (χ2v) is 8.38. The Bertz CT molecular complexity index is 1140. The van der Waals surface area contributed by atoms with Gasteiger partial charge in [-0.15, -0.1) is 0 Å². The number of pyridine rings is 2. The second kappa shape index (κ2) is 6.61. The van der Waals surface area contributed by atoms with Crippen molar-refractivity contribution in [2.75, 3.05) is 18.8 Å². The summed E-state index contributed by atoms with van der Waals surface area (Å²) in [7, 11) is 0. The number of hydrogen-bond donors (Lipinski definition) is 2. The van der Waals surface area contributed by atoms with Crippen LogP contribution in [0, 0.1) is 6.92 Å². The number of anilines is 1. The van der Waals surface area contributed by atoms with Gasteiger partial charge in [0.2, 0.25) is 0 Å². The quantitative estimate of drug-likeness (QED) is 0.686. The molecule has 3 aromatic heterocycles. The Hall–Kier alpha value is -3.36. The van der Waals surface area contributed by atoms with E-state index in [1.807, 2.05) is 27.7 Å². The number of carbonyl (C=O) groups excluding carboxylic acids is 1. The van der Waals surface area contributed by atoms with Crippen LogP contribution in [0.5, 0.6) is 0 Å². The zero-order valence-corrected chi connectivity index (χ0v) is 16.9. The van der Waals surface area contributed by atoms with Gasteiger partial charge in [-0.1, -0.05) is 0 Å². The fourth-order valence-electron chi connectivity index (χ4n) is 3.57. The minimum Gasteiger partial charge on any atom is -0.444 e. The molecular weight excluding hydrogens is 372 g/mol. The molecule has 4 heterocycles. The molecule has 0 aromatic carbocycles. The molecule has 0 unspecified atom stereocenters. The Morgan fingerprint density at radius 2 is 2.07 bits per heavy atom. The van der Waals surface area contributed by atoms with Gasteiger partial charge in [-0.3, -0.25) is 14.5 Å². The maximum absolute atomic E-state index is 13.3. The van der Waals surface area contributed by atoms with Crippen LogP contribution in [0.4, 0.5) is 10.6 Å². The first-order valence-electron chi connectivity index (χ1n) is 9.43. The number of aromatic amines is 1. The minimum atomic E-state index is -0.567. The number of likely N-dealkylation sites (tertiary alicyclic amines) is 1. The van der Waals surface area contributed by atoms with Gasteiger partial charge in [0.25, 0.3) is 5.56 Å². The number of ether oxygens (including phenoxy) is 1. The van der Waals surface area contributed by atoms with Gasteiger partial charge in [0.1, 0.15) is 11.4 Å². The van der Waals surface area contributed by atoms with E-state index in [9.17, 15) is 9.59 Å². The molecule has 4 rings (SSSR count). The van der Waals surface area contributed by atoms with Crippen molar-refractivity contribution in [1.82, 2.24) is 24.6 Å². The van der Waals surface area contributed by atoms with Gasteiger partial charge in [0.15, 0.2) is 0 Å². The van der Waals surface area contributed by atoms with Crippen LogP contribution in [0.15, 0.2) is 29.5 Å². The van der Waals surface area contributed by atoms with Crippen LogP contribution >= 0.6 is 0 Å². The highest BCUT2D eigenvalue weighted by molar-refractivity contribution is 5.86. The van der Waals surface area contributed by atoms with Crippen LogP contribution in [-0.4, -0.2) is 49.4 Å². The monoisotopic (exact) mass is 396 g/mol. The molecule has 29 heavy (non-hydrogen) atoms. The lowest BCUT2D eigenvalue weighted by atomic mass is 9.90. The lowest BCUT2D eigenvalue weighted by Crippen LogP contribution is -2.51. The third kappa shape index (κ3) is 3.43. The molecule has 0 aliphatic carbocycles. The highest BCUT2D eigenvalue weighted by atomic mass is 16.6. The summed E-state index contributed by atoms with van der Waals surface area (Å²) in [5.74, 6) is 0.214. The Kier molecular flexibility index (Phi) is 4.33. The average Bonchev–Trinajstić information content (AvgIpc) is 3.07. The topological polar surface area (TPSA) is 119 Å². The van der Waals surface area contributed by atoms with Crippen LogP contribution < -0.4 is 11.3 Å². The number of nitrogens with two attached hydrogens (primary N) is 1. The highest BCUT2D eigenvalue weighted by Gasteiger charge is 2.37. The van der Waals surface area contributed by atoms with Crippen LogP contribution in [0.2, 0.25) is 0 Å². The first kappa shape index (κ1) is 19.0. The Balaban J connectivity index is 1.77. The highest BCUT2D eigenvalue weighted by Crippen LogP contribution is 2.32. The van der Waals surface area contributed by atoms with Crippen molar-refractivity contribution in [3.63, 3.8) is 0 Å². The molecule has 1 fully saturated rings. The second-order valence-electron chi connectivity index (χ2n) is 8.38. The fourth-order valence-corrected chi connectivity index (χ4v) is 3.57. The number of nitrogen functional groups attached to an aromatic ring is 1. The number of aromatic nitrogens is 4. The molecular formula is C20H24N6O3. The molecule has 1 aliphatic heterocycles. The summed E-state index contributed by atoms with van der Waals surface area (Å²) >= 11 is 0. The minimum absolute atomic E-state index is 0.148. The number of nitrogens with zero attached hydrogens (tertiary/aromatic N) is 4. The van der Waals surface area contributed by atoms with E-state index in [0.29, 0.717) is 35.7 Å². The van der Waals surface area contributed by atoms with Crippen molar-refractivity contribution < 1.29 is 9.53 Å². The normalized spacial score (nSPS) is 14.8. The maximum atomic E-state index is 13.3. The van der Waals surface area contributed by atoms with E-state index >= 15 is 0 Å². The average molecular weight is 396 g/mol. The van der Waals surface area contributed by atoms with Crippen LogP contribution in [-0.2, 0) is 4.74 Å². The van der Waals surface area contributed by atoms with Crippen molar-refractivity contribution in [1.29, 1.82) is 0 Å². The van der Waals surface area contributed by atoms with Gasteiger partial charge >= 0.3 is 6.09 Å². The molecule has 0 spiro atoms. The standard InChI is InChI=1S/C20H24N6O3/c1-11-5-15(21)24-17-14(11)10-26(13-6-22-23-7-13)18(27)16(17)12-8-25(9-12)19(28)29-20(2,3)4/h5-7,10,12H,8-9H2,1-4H3,(H2,21,24)(H,22,23). The van der Waals surface area contributed by atoms with Crippen molar-refractivity contribution in [3.8, 4) is 5.69 Å². The Morgan fingerprint density at radius 3 is 2.69 bits per heavy atom. The number of aryl methyl sites for hydroxylation is 1. The number of nitrogens with one attached hydrogen (secondary N) is 1. The third-order valence-electron chi connectivity index (χ3n) is 4.95. The van der Waals surface area contributed by atoms with Gasteiger partial charge in [-0.25, -0.2) is 9.78 Å². The van der Waals surface area contributed by atoms with Crippen LogP contribution in [0.3, 0.4) is 0 Å². The molecule has 0 saturated carbocycles. The molecule has 0 radical (unpaired) electrons. The first-order chi connectivity index (χ1) is 13.6. The van der Waals surface area contributed by atoms with Gasteiger partial charge in [-0.2, -0.15) is 5.10 Å². The first-order valence-corrected chi connectivity index (χ1v) is 9.43. The summed E-state index contributed by atoms with van der Waals surface area (Å²) in [4.78, 5) is 31.7. The number of amides is 1. The van der Waals surface area contributed by atoms with Gasteiger partial charge in [0, 0.05) is 36.8 Å². The zero-order valence-electron chi connectivity index (χ0n) is 16.9. The smallest absolute Gasteiger partial charge is 0.410 e. The molecule has 1 saturated heterocycles. The fraction of sp³-hybridized carbons (Fsp3) is 0.400. The number of fused-ring (bicyclic) bond motifs is 1. The van der Waals surface area contributed by atoms with Crippen molar-refractivity contribution in [2.45, 2.75) is 39.2 Å². The predicted octanol–water partition coefficient (Wildman–Crippen LogP) is 2.33. The van der Waals surface area contributed by atoms with E-state index in [2.05, 4.69) is 15.2 Å². The molecule has 0 bridgehead atoms.